The van der Waals surface area contributed by atoms with E-state index in [9.17, 15) is 0 Å². The molecule has 0 N–H and O–H groups in total. The summed E-state index contributed by atoms with van der Waals surface area (Å²) < 4.78 is 0. The third kappa shape index (κ3) is 6.92. The van der Waals surface area contributed by atoms with Gasteiger partial charge < -0.3 is 4.90 Å². The Hall–Kier alpha value is -0.460. The van der Waals surface area contributed by atoms with Gasteiger partial charge in [-0.15, -0.1) is 0 Å². The molecule has 0 bridgehead atoms. The van der Waals surface area contributed by atoms with Gasteiger partial charge in [0.2, 0.25) is 0 Å². The van der Waals surface area contributed by atoms with Gasteiger partial charge in [-0.2, -0.15) is 0 Å². The Morgan fingerprint density at radius 1 is 1.12 bits per heavy atom. The van der Waals surface area contributed by atoms with Crippen LogP contribution in [0.15, 0.2) is 12.3 Å². The van der Waals surface area contributed by atoms with Crippen molar-refractivity contribution in [2.24, 2.45) is 10.8 Å². The molecular weight excluding hydrogens is 194 g/mol. The molecule has 0 radical (unpaired) electrons. The summed E-state index contributed by atoms with van der Waals surface area (Å²) in [5.41, 5.74) is 0.829. The van der Waals surface area contributed by atoms with E-state index in [2.05, 4.69) is 72.7 Å². The standard InChI is InChI=1S/C15H31N/c1-9-10-16(8)13(2)11-15(6,7)12-14(3,4)5/h9-10,13H,11-12H2,1-8H3/b10-9-. The van der Waals surface area contributed by atoms with Crippen molar-refractivity contribution in [1.82, 2.24) is 4.90 Å². The van der Waals surface area contributed by atoms with Crippen LogP contribution in [0.2, 0.25) is 0 Å². The van der Waals surface area contributed by atoms with Crippen LogP contribution in [0.4, 0.5) is 0 Å². The van der Waals surface area contributed by atoms with E-state index in [0.29, 0.717) is 16.9 Å². The Labute approximate surface area is 103 Å². The predicted octanol–water partition coefficient (Wildman–Crippen LogP) is 4.69. The molecule has 0 aromatic rings. The molecule has 1 unspecified atom stereocenters. The third-order valence-electron chi connectivity index (χ3n) is 2.94. The fraction of sp³-hybridized carbons (Fsp3) is 0.867. The molecule has 0 fully saturated rings. The van der Waals surface area contributed by atoms with Gasteiger partial charge in [0, 0.05) is 13.1 Å². The molecule has 0 heterocycles. The van der Waals surface area contributed by atoms with Crippen LogP contribution in [0.3, 0.4) is 0 Å². The minimum Gasteiger partial charge on any atom is -0.378 e. The molecule has 1 atom stereocenters. The first-order chi connectivity index (χ1) is 7.07. The van der Waals surface area contributed by atoms with Crippen molar-refractivity contribution in [2.75, 3.05) is 7.05 Å². The van der Waals surface area contributed by atoms with Crippen molar-refractivity contribution in [2.45, 2.75) is 67.3 Å². The Bertz CT molecular complexity index is 220. The Morgan fingerprint density at radius 3 is 2.00 bits per heavy atom. The molecule has 0 aromatic carbocycles. The van der Waals surface area contributed by atoms with Gasteiger partial charge in [0.05, 0.1) is 0 Å². The van der Waals surface area contributed by atoms with Gasteiger partial charge in [0.15, 0.2) is 0 Å². The summed E-state index contributed by atoms with van der Waals surface area (Å²) in [5.74, 6) is 0. The number of hydrogen-bond donors (Lipinski definition) is 0. The first-order valence-electron chi connectivity index (χ1n) is 6.42. The summed E-state index contributed by atoms with van der Waals surface area (Å²) in [6.07, 6.45) is 6.78. The van der Waals surface area contributed by atoms with E-state index in [0.717, 1.165) is 0 Å². The number of nitrogens with zero attached hydrogens (tertiary/aromatic N) is 1. The smallest absolute Gasteiger partial charge is 0.0257 e. The van der Waals surface area contributed by atoms with Gasteiger partial charge in [-0.1, -0.05) is 40.7 Å². The minimum absolute atomic E-state index is 0.410. The highest BCUT2D eigenvalue weighted by Gasteiger charge is 2.27. The molecule has 0 aromatic heterocycles. The van der Waals surface area contributed by atoms with Crippen LogP contribution in [0.25, 0.3) is 0 Å². The second-order valence-electron chi connectivity index (χ2n) is 7.10. The van der Waals surface area contributed by atoms with Crippen molar-refractivity contribution < 1.29 is 0 Å². The van der Waals surface area contributed by atoms with E-state index in [-0.39, 0.29) is 0 Å². The van der Waals surface area contributed by atoms with Crippen LogP contribution in [-0.4, -0.2) is 18.0 Å². The Morgan fingerprint density at radius 2 is 1.62 bits per heavy atom. The van der Waals surface area contributed by atoms with Crippen LogP contribution < -0.4 is 0 Å². The van der Waals surface area contributed by atoms with E-state index in [1.807, 2.05) is 0 Å². The lowest BCUT2D eigenvalue weighted by atomic mass is 9.73. The summed E-state index contributed by atoms with van der Waals surface area (Å²) in [6.45, 7) is 16.1. The van der Waals surface area contributed by atoms with E-state index in [1.54, 1.807) is 0 Å². The highest BCUT2D eigenvalue weighted by molar-refractivity contribution is 4.85. The maximum Gasteiger partial charge on any atom is 0.0257 e. The second kappa shape index (κ2) is 5.75. The van der Waals surface area contributed by atoms with Gasteiger partial charge in [-0.25, -0.2) is 0 Å². The molecule has 0 amide bonds. The van der Waals surface area contributed by atoms with Crippen molar-refractivity contribution in [3.63, 3.8) is 0 Å². The topological polar surface area (TPSA) is 3.24 Å². The molecule has 0 rings (SSSR count). The number of allylic oxidation sites excluding steroid dienone is 1. The summed E-state index contributed by atoms with van der Waals surface area (Å²) in [6, 6.07) is 0.605. The molecule has 0 saturated heterocycles. The molecule has 0 saturated carbocycles. The van der Waals surface area contributed by atoms with Crippen molar-refractivity contribution in [3.8, 4) is 0 Å². The van der Waals surface area contributed by atoms with Crippen molar-refractivity contribution in [3.05, 3.63) is 12.3 Å². The van der Waals surface area contributed by atoms with Gasteiger partial charge in [0.1, 0.15) is 0 Å². The predicted molar refractivity (Wildman–Crippen MR) is 74.5 cm³/mol. The lowest BCUT2D eigenvalue weighted by molar-refractivity contribution is 0.157. The maximum absolute atomic E-state index is 2.39. The minimum atomic E-state index is 0.410. The van der Waals surface area contributed by atoms with Crippen LogP contribution in [0.1, 0.15) is 61.3 Å². The van der Waals surface area contributed by atoms with E-state index >= 15 is 0 Å². The van der Waals surface area contributed by atoms with Crippen molar-refractivity contribution in [1.29, 1.82) is 0 Å². The third-order valence-corrected chi connectivity index (χ3v) is 2.94. The first-order valence-corrected chi connectivity index (χ1v) is 6.42. The van der Waals surface area contributed by atoms with E-state index in [4.69, 9.17) is 0 Å². The van der Waals surface area contributed by atoms with Gasteiger partial charge in [0.25, 0.3) is 0 Å². The second-order valence-corrected chi connectivity index (χ2v) is 7.10. The van der Waals surface area contributed by atoms with Crippen LogP contribution in [0.5, 0.6) is 0 Å². The first kappa shape index (κ1) is 15.5. The fourth-order valence-corrected chi connectivity index (χ4v) is 2.83. The summed E-state index contributed by atoms with van der Waals surface area (Å²) in [7, 11) is 2.16. The fourth-order valence-electron chi connectivity index (χ4n) is 2.83. The van der Waals surface area contributed by atoms with E-state index < -0.39 is 0 Å². The van der Waals surface area contributed by atoms with Crippen LogP contribution in [-0.2, 0) is 0 Å². The quantitative estimate of drug-likeness (QED) is 0.656. The molecule has 1 nitrogen and oxygen atoms in total. The van der Waals surface area contributed by atoms with Crippen LogP contribution in [0, 0.1) is 10.8 Å². The average molecular weight is 225 g/mol. The van der Waals surface area contributed by atoms with Gasteiger partial charge >= 0.3 is 0 Å². The monoisotopic (exact) mass is 225 g/mol. The molecule has 1 heteroatoms. The lowest BCUT2D eigenvalue weighted by Gasteiger charge is -2.36. The zero-order valence-electron chi connectivity index (χ0n) is 12.6. The summed E-state index contributed by atoms with van der Waals surface area (Å²) in [4.78, 5) is 2.31. The number of rotatable bonds is 5. The molecular formula is C15H31N. The SMILES string of the molecule is C/C=C\N(C)C(C)CC(C)(C)CC(C)(C)C. The molecule has 0 aliphatic rings. The summed E-state index contributed by atoms with van der Waals surface area (Å²) in [5, 5.41) is 0. The van der Waals surface area contributed by atoms with Crippen LogP contribution >= 0.6 is 0 Å². The molecule has 0 spiro atoms. The largest absolute Gasteiger partial charge is 0.378 e. The highest BCUT2D eigenvalue weighted by Crippen LogP contribution is 2.37. The maximum atomic E-state index is 2.39. The van der Waals surface area contributed by atoms with E-state index in [1.165, 1.54) is 12.8 Å². The molecule has 96 valence electrons. The van der Waals surface area contributed by atoms with Gasteiger partial charge in [-0.3, -0.25) is 0 Å². The molecule has 0 aliphatic carbocycles. The Kier molecular flexibility index (Phi) is 5.58. The molecule has 0 aliphatic heterocycles. The Balaban J connectivity index is 4.35. The zero-order chi connectivity index (χ0) is 13.0. The normalized spacial score (nSPS) is 15.5. The van der Waals surface area contributed by atoms with Gasteiger partial charge in [-0.05, 0) is 43.7 Å². The summed E-state index contributed by atoms with van der Waals surface area (Å²) >= 11 is 0. The highest BCUT2D eigenvalue weighted by atomic mass is 15.1. The zero-order valence-corrected chi connectivity index (χ0v) is 12.6. The number of hydrogen-bond acceptors (Lipinski definition) is 1. The average Bonchev–Trinajstić information content (AvgIpc) is 1.98. The molecule has 16 heavy (non-hydrogen) atoms. The van der Waals surface area contributed by atoms with Crippen molar-refractivity contribution >= 4 is 0 Å². The lowest BCUT2D eigenvalue weighted by Crippen LogP contribution is -2.31.